The van der Waals surface area contributed by atoms with E-state index in [1.165, 1.54) is 5.56 Å². The Morgan fingerprint density at radius 2 is 1.58 bits per heavy atom. The molecule has 7 nitrogen and oxygen atoms in total. The van der Waals surface area contributed by atoms with E-state index in [1.807, 2.05) is 61.5 Å². The van der Waals surface area contributed by atoms with Gasteiger partial charge in [0.25, 0.3) is 5.91 Å². The van der Waals surface area contributed by atoms with E-state index in [0.29, 0.717) is 17.7 Å². The van der Waals surface area contributed by atoms with Crippen molar-refractivity contribution in [3.63, 3.8) is 0 Å². The number of hydrogen-bond donors (Lipinski definition) is 3. The van der Waals surface area contributed by atoms with Crippen LogP contribution in [0.25, 0.3) is 11.1 Å². The molecule has 0 saturated heterocycles. The van der Waals surface area contributed by atoms with Crippen LogP contribution in [-0.2, 0) is 27.6 Å². The summed E-state index contributed by atoms with van der Waals surface area (Å²) in [5, 5.41) is 15.7. The molecule has 0 aliphatic heterocycles. The second kappa shape index (κ2) is 12.4. The lowest BCUT2D eigenvalue weighted by molar-refractivity contribution is -0.139. The van der Waals surface area contributed by atoms with Crippen LogP contribution in [0.4, 0.5) is 0 Å². The second-order valence-electron chi connectivity index (χ2n) is 10.4. The van der Waals surface area contributed by atoms with Crippen LogP contribution in [0.5, 0.6) is 0 Å². The maximum Gasteiger partial charge on any atom is 0.326 e. The van der Waals surface area contributed by atoms with Gasteiger partial charge in [0.1, 0.15) is 15.9 Å². The highest BCUT2D eigenvalue weighted by Gasteiger charge is 2.24. The van der Waals surface area contributed by atoms with Gasteiger partial charge in [0.15, 0.2) is 0 Å². The van der Waals surface area contributed by atoms with Crippen molar-refractivity contribution < 1.29 is 23.1 Å². The molecule has 8 heteroatoms. The number of aliphatic carboxylic acids is 1. The molecule has 0 aromatic heterocycles. The first-order valence-electron chi connectivity index (χ1n) is 12.5. The topological polar surface area (TPSA) is 113 Å². The van der Waals surface area contributed by atoms with Crippen LogP contribution >= 0.6 is 0 Å². The number of amides is 1. The van der Waals surface area contributed by atoms with E-state index in [2.05, 4.69) is 36.6 Å². The van der Waals surface area contributed by atoms with E-state index in [4.69, 9.17) is 0 Å². The van der Waals surface area contributed by atoms with Crippen molar-refractivity contribution >= 4 is 21.7 Å². The Morgan fingerprint density at radius 1 is 0.921 bits per heavy atom. The largest absolute Gasteiger partial charge is 0.480 e. The molecule has 3 aromatic carbocycles. The van der Waals surface area contributed by atoms with Crippen LogP contribution in [0.2, 0.25) is 0 Å². The first kappa shape index (κ1) is 29.1. The third-order valence-corrected chi connectivity index (χ3v) is 7.38. The fourth-order valence-electron chi connectivity index (χ4n) is 4.33. The lowest BCUT2D eigenvalue weighted by Gasteiger charge is -2.27. The first-order valence-corrected chi connectivity index (χ1v) is 14.6. The van der Waals surface area contributed by atoms with Crippen molar-refractivity contribution in [2.24, 2.45) is 0 Å². The number of aryl methyl sites for hydroxylation is 1. The summed E-state index contributed by atoms with van der Waals surface area (Å²) in [5.74, 6) is -2.17. The standard InChI is InChI=1S/C30H36N2O5S/c1-21-10-8-9-13-24(21)26-18-23(20-31-30(2,3)19-22-11-6-5-7-12-22)14-15-25(26)28(33)32-27(29(34)35)16-17-38(4,36)37/h5-15,18,27,31H,16-17,19-20H2,1-4H3,(H,32,33)(H,34,35). The minimum atomic E-state index is -3.38. The molecule has 0 aliphatic carbocycles. The number of sulfone groups is 1. The molecule has 0 saturated carbocycles. The summed E-state index contributed by atoms with van der Waals surface area (Å²) < 4.78 is 23.1. The Kier molecular flexibility index (Phi) is 9.46. The predicted molar refractivity (Wildman–Crippen MR) is 151 cm³/mol. The molecule has 1 atom stereocenters. The van der Waals surface area contributed by atoms with Crippen LogP contribution < -0.4 is 10.6 Å². The van der Waals surface area contributed by atoms with E-state index in [9.17, 15) is 23.1 Å². The average molecular weight is 537 g/mol. The molecule has 1 unspecified atom stereocenters. The van der Waals surface area contributed by atoms with Crippen LogP contribution in [0, 0.1) is 6.92 Å². The maximum atomic E-state index is 13.3. The van der Waals surface area contributed by atoms with Gasteiger partial charge >= 0.3 is 5.97 Å². The highest BCUT2D eigenvalue weighted by atomic mass is 32.2. The molecule has 3 aromatic rings. The number of benzene rings is 3. The molecule has 1 amide bonds. The van der Waals surface area contributed by atoms with E-state index < -0.39 is 27.8 Å². The van der Waals surface area contributed by atoms with Crippen LogP contribution in [0.3, 0.4) is 0 Å². The number of carbonyl (C=O) groups is 2. The lowest BCUT2D eigenvalue weighted by Crippen LogP contribution is -2.42. The highest BCUT2D eigenvalue weighted by molar-refractivity contribution is 7.90. The summed E-state index contributed by atoms with van der Waals surface area (Å²) in [7, 11) is -3.38. The molecule has 38 heavy (non-hydrogen) atoms. The predicted octanol–water partition coefficient (Wildman–Crippen LogP) is 4.39. The van der Waals surface area contributed by atoms with Crippen LogP contribution in [0.1, 0.15) is 47.3 Å². The summed E-state index contributed by atoms with van der Waals surface area (Å²) in [5.41, 5.74) is 4.91. The number of rotatable bonds is 12. The fraction of sp³-hybridized carbons (Fsp3) is 0.333. The van der Waals surface area contributed by atoms with E-state index in [1.54, 1.807) is 6.07 Å². The number of nitrogens with one attached hydrogen (secondary N) is 2. The Balaban J connectivity index is 1.87. The Labute approximate surface area is 225 Å². The van der Waals surface area contributed by atoms with Gasteiger partial charge in [0.05, 0.1) is 5.75 Å². The van der Waals surface area contributed by atoms with Gasteiger partial charge in [0.2, 0.25) is 0 Å². The second-order valence-corrected chi connectivity index (χ2v) is 12.6. The van der Waals surface area contributed by atoms with Crippen molar-refractivity contribution in [1.82, 2.24) is 10.6 Å². The molecule has 0 spiro atoms. The lowest BCUT2D eigenvalue weighted by atomic mass is 9.92. The summed E-state index contributed by atoms with van der Waals surface area (Å²) in [6.07, 6.45) is 1.68. The Hall–Kier alpha value is -3.49. The summed E-state index contributed by atoms with van der Waals surface area (Å²) in [6.45, 7) is 6.82. The first-order chi connectivity index (χ1) is 17.8. The molecule has 3 rings (SSSR count). The van der Waals surface area contributed by atoms with Gasteiger partial charge in [-0.1, -0.05) is 60.7 Å². The smallest absolute Gasteiger partial charge is 0.326 e. The molecule has 0 heterocycles. The van der Waals surface area contributed by atoms with Gasteiger partial charge in [-0.2, -0.15) is 0 Å². The Bertz CT molecular complexity index is 1380. The Morgan fingerprint density at radius 3 is 2.21 bits per heavy atom. The van der Waals surface area contributed by atoms with E-state index in [0.717, 1.165) is 29.4 Å². The SMILES string of the molecule is Cc1ccccc1-c1cc(CNC(C)(C)Cc2ccccc2)ccc1C(=O)NC(CCS(C)(=O)=O)C(=O)O. The van der Waals surface area contributed by atoms with Crippen molar-refractivity contribution in [2.75, 3.05) is 12.0 Å². The zero-order valence-electron chi connectivity index (χ0n) is 22.3. The summed E-state index contributed by atoms with van der Waals surface area (Å²) in [4.78, 5) is 25.0. The quantitative estimate of drug-likeness (QED) is 0.317. The fourth-order valence-corrected chi connectivity index (χ4v) is 5.00. The number of carboxylic acids is 1. The molecule has 0 aliphatic rings. The molecule has 202 valence electrons. The van der Waals surface area contributed by atoms with Gasteiger partial charge in [-0.3, -0.25) is 4.79 Å². The third kappa shape index (κ3) is 8.53. The number of hydrogen-bond acceptors (Lipinski definition) is 5. The van der Waals surface area contributed by atoms with E-state index >= 15 is 0 Å². The van der Waals surface area contributed by atoms with Crippen molar-refractivity contribution in [3.8, 4) is 11.1 Å². The monoisotopic (exact) mass is 536 g/mol. The molecule has 0 bridgehead atoms. The minimum absolute atomic E-state index is 0.172. The molecular weight excluding hydrogens is 500 g/mol. The number of carboxylic acid groups (broad SMARTS) is 1. The molecule has 0 radical (unpaired) electrons. The third-order valence-electron chi connectivity index (χ3n) is 6.40. The minimum Gasteiger partial charge on any atom is -0.480 e. The molecular formula is C30H36N2O5S. The highest BCUT2D eigenvalue weighted by Crippen LogP contribution is 2.29. The maximum absolute atomic E-state index is 13.3. The molecule has 3 N–H and O–H groups in total. The van der Waals surface area contributed by atoms with Gasteiger partial charge in [0, 0.05) is 23.9 Å². The van der Waals surface area contributed by atoms with Crippen molar-refractivity contribution in [3.05, 3.63) is 95.1 Å². The normalized spacial score (nSPS) is 12.6. The van der Waals surface area contributed by atoms with Crippen LogP contribution in [-0.4, -0.2) is 49.0 Å². The molecule has 0 fully saturated rings. The van der Waals surface area contributed by atoms with Crippen molar-refractivity contribution in [2.45, 2.75) is 51.7 Å². The van der Waals surface area contributed by atoms with Gasteiger partial charge in [-0.15, -0.1) is 0 Å². The average Bonchev–Trinajstić information content (AvgIpc) is 2.85. The van der Waals surface area contributed by atoms with Gasteiger partial charge < -0.3 is 15.7 Å². The van der Waals surface area contributed by atoms with Crippen LogP contribution in [0.15, 0.2) is 72.8 Å². The zero-order chi connectivity index (χ0) is 27.9. The zero-order valence-corrected chi connectivity index (χ0v) is 23.1. The van der Waals surface area contributed by atoms with Gasteiger partial charge in [-0.05, 0) is 73.6 Å². The number of carbonyl (C=O) groups excluding carboxylic acids is 1. The van der Waals surface area contributed by atoms with Gasteiger partial charge in [-0.25, -0.2) is 13.2 Å². The van der Waals surface area contributed by atoms with E-state index in [-0.39, 0.29) is 17.7 Å². The van der Waals surface area contributed by atoms with Crippen molar-refractivity contribution in [1.29, 1.82) is 0 Å². The summed E-state index contributed by atoms with van der Waals surface area (Å²) >= 11 is 0. The summed E-state index contributed by atoms with van der Waals surface area (Å²) in [6, 6.07) is 22.2.